The Bertz CT molecular complexity index is 380. The highest BCUT2D eigenvalue weighted by atomic mass is 16.5. The molecule has 0 aliphatic carbocycles. The maximum absolute atomic E-state index is 12.1. The summed E-state index contributed by atoms with van der Waals surface area (Å²) in [5.41, 5.74) is 6.44. The summed E-state index contributed by atoms with van der Waals surface area (Å²) in [5.74, 6) is 0.921. The van der Waals surface area contributed by atoms with Crippen LogP contribution in [-0.2, 0) is 11.2 Å². The zero-order valence-corrected chi connectivity index (χ0v) is 11.2. The van der Waals surface area contributed by atoms with Crippen molar-refractivity contribution >= 4 is 5.91 Å². The van der Waals surface area contributed by atoms with Gasteiger partial charge in [-0.2, -0.15) is 0 Å². The van der Waals surface area contributed by atoms with Gasteiger partial charge in [0.1, 0.15) is 5.75 Å². The Morgan fingerprint density at radius 1 is 1.44 bits per heavy atom. The van der Waals surface area contributed by atoms with Crippen molar-refractivity contribution in [2.24, 2.45) is 5.73 Å². The zero-order valence-electron chi connectivity index (χ0n) is 11.2. The molecule has 0 bridgehead atoms. The van der Waals surface area contributed by atoms with E-state index in [1.807, 2.05) is 36.1 Å². The Labute approximate surface area is 109 Å². The molecule has 1 rings (SSSR count). The zero-order chi connectivity index (χ0) is 13.4. The number of hydrogen-bond acceptors (Lipinski definition) is 3. The minimum Gasteiger partial charge on any atom is -0.497 e. The molecule has 0 aliphatic rings. The molecule has 0 unspecified atom stereocenters. The van der Waals surface area contributed by atoms with Gasteiger partial charge in [-0.15, -0.1) is 0 Å². The number of rotatable bonds is 7. The van der Waals surface area contributed by atoms with Crippen molar-refractivity contribution in [3.63, 3.8) is 0 Å². The molecular formula is C14H22N2O2. The molecule has 4 heteroatoms. The van der Waals surface area contributed by atoms with Crippen LogP contribution in [0.4, 0.5) is 0 Å². The minimum absolute atomic E-state index is 0.138. The van der Waals surface area contributed by atoms with Crippen LogP contribution in [0.3, 0.4) is 0 Å². The quantitative estimate of drug-likeness (QED) is 0.796. The van der Waals surface area contributed by atoms with E-state index in [2.05, 4.69) is 0 Å². The number of amides is 1. The van der Waals surface area contributed by atoms with Crippen molar-refractivity contribution in [3.05, 3.63) is 29.8 Å². The molecule has 0 fully saturated rings. The van der Waals surface area contributed by atoms with Crippen LogP contribution in [0.2, 0.25) is 0 Å². The summed E-state index contributed by atoms with van der Waals surface area (Å²) in [6.07, 6.45) is 1.26. The van der Waals surface area contributed by atoms with Gasteiger partial charge < -0.3 is 15.4 Å². The first-order valence-electron chi connectivity index (χ1n) is 6.32. The first-order chi connectivity index (χ1) is 8.71. The van der Waals surface area contributed by atoms with Crippen molar-refractivity contribution in [3.8, 4) is 5.75 Å². The fraction of sp³-hybridized carbons (Fsp3) is 0.500. The van der Waals surface area contributed by atoms with E-state index < -0.39 is 0 Å². The summed E-state index contributed by atoms with van der Waals surface area (Å²) >= 11 is 0. The van der Waals surface area contributed by atoms with Crippen LogP contribution in [0.5, 0.6) is 5.75 Å². The third kappa shape index (κ3) is 4.37. The lowest BCUT2D eigenvalue weighted by Crippen LogP contribution is -2.33. The van der Waals surface area contributed by atoms with Gasteiger partial charge in [-0.1, -0.05) is 12.1 Å². The first-order valence-corrected chi connectivity index (χ1v) is 6.32. The van der Waals surface area contributed by atoms with Gasteiger partial charge in [0, 0.05) is 13.1 Å². The molecule has 0 spiro atoms. The van der Waals surface area contributed by atoms with Crippen LogP contribution < -0.4 is 10.5 Å². The highest BCUT2D eigenvalue weighted by molar-refractivity contribution is 5.78. The number of hydrogen-bond donors (Lipinski definition) is 1. The topological polar surface area (TPSA) is 55.6 Å². The molecular weight excluding hydrogens is 228 g/mol. The second kappa shape index (κ2) is 7.71. The predicted octanol–water partition coefficient (Wildman–Crippen LogP) is 1.43. The largest absolute Gasteiger partial charge is 0.497 e. The molecule has 100 valence electrons. The molecule has 1 amide bonds. The Morgan fingerprint density at radius 2 is 2.22 bits per heavy atom. The molecule has 1 aromatic rings. The van der Waals surface area contributed by atoms with Crippen molar-refractivity contribution in [2.75, 3.05) is 26.7 Å². The van der Waals surface area contributed by atoms with Crippen LogP contribution in [0.25, 0.3) is 0 Å². The Morgan fingerprint density at radius 3 is 2.83 bits per heavy atom. The Hall–Kier alpha value is -1.55. The SMILES string of the molecule is CCN(CCCN)C(=O)Cc1cccc(OC)c1. The van der Waals surface area contributed by atoms with E-state index in [9.17, 15) is 4.79 Å². The molecule has 2 N–H and O–H groups in total. The lowest BCUT2D eigenvalue weighted by Gasteiger charge is -2.20. The summed E-state index contributed by atoms with van der Waals surface area (Å²) in [4.78, 5) is 13.9. The van der Waals surface area contributed by atoms with E-state index in [-0.39, 0.29) is 5.91 Å². The molecule has 0 atom stereocenters. The number of nitrogens with two attached hydrogens (primary N) is 1. The molecule has 0 heterocycles. The van der Waals surface area contributed by atoms with Crippen molar-refractivity contribution in [2.45, 2.75) is 19.8 Å². The molecule has 0 aliphatic heterocycles. The van der Waals surface area contributed by atoms with Crippen molar-refractivity contribution < 1.29 is 9.53 Å². The lowest BCUT2D eigenvalue weighted by molar-refractivity contribution is -0.130. The average molecular weight is 250 g/mol. The summed E-state index contributed by atoms with van der Waals surface area (Å²) < 4.78 is 5.15. The number of ether oxygens (including phenoxy) is 1. The van der Waals surface area contributed by atoms with Crippen molar-refractivity contribution in [1.29, 1.82) is 0 Å². The smallest absolute Gasteiger partial charge is 0.226 e. The molecule has 0 saturated heterocycles. The highest BCUT2D eigenvalue weighted by Gasteiger charge is 2.11. The third-order valence-corrected chi connectivity index (χ3v) is 2.86. The fourth-order valence-electron chi connectivity index (χ4n) is 1.81. The number of nitrogens with zero attached hydrogens (tertiary/aromatic N) is 1. The molecule has 0 radical (unpaired) electrons. The van der Waals surface area contributed by atoms with E-state index in [1.165, 1.54) is 0 Å². The van der Waals surface area contributed by atoms with Gasteiger partial charge in [-0.05, 0) is 37.6 Å². The highest BCUT2D eigenvalue weighted by Crippen LogP contribution is 2.13. The molecule has 1 aromatic carbocycles. The van der Waals surface area contributed by atoms with Gasteiger partial charge in [-0.25, -0.2) is 0 Å². The van der Waals surface area contributed by atoms with E-state index >= 15 is 0 Å². The standard InChI is InChI=1S/C14H22N2O2/c1-3-16(9-5-8-15)14(17)11-12-6-4-7-13(10-12)18-2/h4,6-7,10H,3,5,8-9,11,15H2,1-2H3. The number of carbonyl (C=O) groups is 1. The number of likely N-dealkylation sites (N-methyl/N-ethyl adjacent to an activating group) is 1. The average Bonchev–Trinajstić information content (AvgIpc) is 2.40. The van der Waals surface area contributed by atoms with Gasteiger partial charge in [0.15, 0.2) is 0 Å². The number of methoxy groups -OCH3 is 1. The summed E-state index contributed by atoms with van der Waals surface area (Å²) in [7, 11) is 1.63. The van der Waals surface area contributed by atoms with Gasteiger partial charge in [0.2, 0.25) is 5.91 Å². The van der Waals surface area contributed by atoms with Gasteiger partial charge in [-0.3, -0.25) is 4.79 Å². The van der Waals surface area contributed by atoms with Crippen LogP contribution in [-0.4, -0.2) is 37.6 Å². The second-order valence-corrected chi connectivity index (χ2v) is 4.14. The summed E-state index contributed by atoms with van der Waals surface area (Å²) in [5, 5.41) is 0. The molecule has 0 aromatic heterocycles. The second-order valence-electron chi connectivity index (χ2n) is 4.14. The number of benzene rings is 1. The van der Waals surface area contributed by atoms with Crippen LogP contribution in [0.1, 0.15) is 18.9 Å². The third-order valence-electron chi connectivity index (χ3n) is 2.86. The molecule has 4 nitrogen and oxygen atoms in total. The predicted molar refractivity (Wildman–Crippen MR) is 72.6 cm³/mol. The maximum atomic E-state index is 12.1. The van der Waals surface area contributed by atoms with E-state index in [4.69, 9.17) is 10.5 Å². The van der Waals surface area contributed by atoms with Crippen molar-refractivity contribution in [1.82, 2.24) is 4.90 Å². The van der Waals surface area contributed by atoms with Gasteiger partial charge >= 0.3 is 0 Å². The minimum atomic E-state index is 0.138. The summed E-state index contributed by atoms with van der Waals surface area (Å²) in [6, 6.07) is 7.61. The monoisotopic (exact) mass is 250 g/mol. The van der Waals surface area contributed by atoms with E-state index in [0.717, 1.165) is 30.8 Å². The molecule has 18 heavy (non-hydrogen) atoms. The van der Waals surface area contributed by atoms with Crippen LogP contribution >= 0.6 is 0 Å². The maximum Gasteiger partial charge on any atom is 0.226 e. The van der Waals surface area contributed by atoms with E-state index in [1.54, 1.807) is 7.11 Å². The Kier molecular flexibility index (Phi) is 6.22. The van der Waals surface area contributed by atoms with Gasteiger partial charge in [0.25, 0.3) is 0 Å². The molecule has 0 saturated carbocycles. The fourth-order valence-corrected chi connectivity index (χ4v) is 1.81. The van der Waals surface area contributed by atoms with Gasteiger partial charge in [0.05, 0.1) is 13.5 Å². The lowest BCUT2D eigenvalue weighted by atomic mass is 10.1. The Balaban J connectivity index is 2.61. The van der Waals surface area contributed by atoms with E-state index in [0.29, 0.717) is 13.0 Å². The summed E-state index contributed by atoms with van der Waals surface area (Å²) in [6.45, 7) is 4.06. The normalized spacial score (nSPS) is 10.2. The van der Waals surface area contributed by atoms with Crippen LogP contribution in [0, 0.1) is 0 Å². The van der Waals surface area contributed by atoms with Crippen LogP contribution in [0.15, 0.2) is 24.3 Å². The first kappa shape index (κ1) is 14.5. The number of carbonyl (C=O) groups excluding carboxylic acids is 1.